The Morgan fingerprint density at radius 1 is 1.50 bits per heavy atom. The lowest BCUT2D eigenvalue weighted by molar-refractivity contribution is 0.311. The molecular weight excluding hydrogens is 156 g/mol. The van der Waals surface area contributed by atoms with E-state index < -0.39 is 10.3 Å². The molecule has 0 spiro atoms. The van der Waals surface area contributed by atoms with Gasteiger partial charge < -0.3 is 6.15 Å². The summed E-state index contributed by atoms with van der Waals surface area (Å²) in [6.07, 6.45) is 1.62. The molecule has 0 aliphatic heterocycles. The van der Waals surface area contributed by atoms with Crippen molar-refractivity contribution in [2.75, 3.05) is 6.61 Å². The van der Waals surface area contributed by atoms with Gasteiger partial charge in [-0.15, -0.1) is 0 Å². The summed E-state index contributed by atoms with van der Waals surface area (Å²) in [5.41, 5.74) is 0. The molecule has 0 amide bonds. The Labute approximate surface area is 61.4 Å². The van der Waals surface area contributed by atoms with E-state index in [2.05, 4.69) is 9.32 Å². The Bertz CT molecular complexity index is 154. The van der Waals surface area contributed by atoms with Gasteiger partial charge in [0.2, 0.25) is 0 Å². The SMILES string of the molecule is CCCCOS(N)(=O)=O.N. The highest BCUT2D eigenvalue weighted by atomic mass is 32.2. The van der Waals surface area contributed by atoms with Gasteiger partial charge in [0, 0.05) is 0 Å². The number of rotatable bonds is 4. The van der Waals surface area contributed by atoms with Crippen LogP contribution in [0.1, 0.15) is 19.8 Å². The second-order valence-corrected chi connectivity index (χ2v) is 2.89. The quantitative estimate of drug-likeness (QED) is 0.586. The second-order valence-electron chi connectivity index (χ2n) is 1.67. The zero-order valence-electron chi connectivity index (χ0n) is 6.04. The van der Waals surface area contributed by atoms with Crippen molar-refractivity contribution in [3.05, 3.63) is 0 Å². The molecule has 0 radical (unpaired) electrons. The molecule has 64 valence electrons. The molecule has 10 heavy (non-hydrogen) atoms. The van der Waals surface area contributed by atoms with Crippen LogP contribution in [0.3, 0.4) is 0 Å². The van der Waals surface area contributed by atoms with E-state index in [1.807, 2.05) is 6.92 Å². The fourth-order valence-electron chi connectivity index (χ4n) is 0.319. The van der Waals surface area contributed by atoms with Crippen molar-refractivity contribution in [3.8, 4) is 0 Å². The van der Waals surface area contributed by atoms with Gasteiger partial charge in [-0.3, -0.25) is 4.18 Å². The van der Waals surface area contributed by atoms with Crippen LogP contribution in [0.25, 0.3) is 0 Å². The summed E-state index contributed by atoms with van der Waals surface area (Å²) >= 11 is 0. The maximum Gasteiger partial charge on any atom is 0.333 e. The highest BCUT2D eigenvalue weighted by Crippen LogP contribution is 1.89. The molecule has 0 saturated carbocycles. The molecule has 0 fully saturated rings. The van der Waals surface area contributed by atoms with E-state index in [4.69, 9.17) is 0 Å². The molecule has 0 saturated heterocycles. The van der Waals surface area contributed by atoms with E-state index in [0.29, 0.717) is 0 Å². The predicted octanol–water partition coefficient (Wildman–Crippen LogP) is 0.169. The minimum absolute atomic E-state index is 0. The molecule has 0 aromatic rings. The van der Waals surface area contributed by atoms with Crippen molar-refractivity contribution < 1.29 is 12.6 Å². The molecule has 0 unspecified atom stereocenters. The van der Waals surface area contributed by atoms with E-state index >= 15 is 0 Å². The van der Waals surface area contributed by atoms with Gasteiger partial charge in [-0.2, -0.15) is 8.42 Å². The van der Waals surface area contributed by atoms with Crippen molar-refractivity contribution in [2.45, 2.75) is 19.8 Å². The summed E-state index contributed by atoms with van der Waals surface area (Å²) in [5.74, 6) is 0. The minimum Gasteiger partial charge on any atom is -0.344 e. The van der Waals surface area contributed by atoms with Crippen molar-refractivity contribution in [1.82, 2.24) is 6.15 Å². The van der Waals surface area contributed by atoms with Crippen LogP contribution in [0.15, 0.2) is 0 Å². The van der Waals surface area contributed by atoms with Crippen LogP contribution >= 0.6 is 0 Å². The van der Waals surface area contributed by atoms with Crippen LogP contribution in [0, 0.1) is 0 Å². The first kappa shape index (κ1) is 12.5. The summed E-state index contributed by atoms with van der Waals surface area (Å²) in [7, 11) is -3.70. The average molecular weight is 170 g/mol. The Morgan fingerprint density at radius 2 is 2.00 bits per heavy atom. The normalized spacial score (nSPS) is 10.6. The third kappa shape index (κ3) is 10.7. The molecule has 0 aliphatic rings. The van der Waals surface area contributed by atoms with E-state index in [-0.39, 0.29) is 12.8 Å². The lowest BCUT2D eigenvalue weighted by atomic mass is 10.4. The second kappa shape index (κ2) is 5.60. The first-order valence-electron chi connectivity index (χ1n) is 2.73. The first-order valence-corrected chi connectivity index (χ1v) is 4.20. The Kier molecular flexibility index (Phi) is 7.00. The summed E-state index contributed by atoms with van der Waals surface area (Å²) in [6, 6.07) is 0. The maximum absolute atomic E-state index is 10.1. The van der Waals surface area contributed by atoms with E-state index in [0.717, 1.165) is 12.8 Å². The molecule has 0 bridgehead atoms. The minimum atomic E-state index is -3.70. The molecule has 0 rings (SSSR count). The van der Waals surface area contributed by atoms with Crippen molar-refractivity contribution in [3.63, 3.8) is 0 Å². The largest absolute Gasteiger partial charge is 0.344 e. The molecule has 0 aromatic carbocycles. The third-order valence-corrected chi connectivity index (χ3v) is 1.24. The summed E-state index contributed by atoms with van der Waals surface area (Å²) < 4.78 is 24.3. The molecular formula is C4H14N2O3S. The smallest absolute Gasteiger partial charge is 0.333 e. The van der Waals surface area contributed by atoms with Crippen molar-refractivity contribution in [1.29, 1.82) is 0 Å². The van der Waals surface area contributed by atoms with Crippen LogP contribution in [0.5, 0.6) is 0 Å². The molecule has 0 aromatic heterocycles. The fraction of sp³-hybridized carbons (Fsp3) is 1.00. The fourth-order valence-corrected chi connectivity index (χ4v) is 0.670. The monoisotopic (exact) mass is 170 g/mol. The molecule has 0 aliphatic carbocycles. The van der Waals surface area contributed by atoms with Gasteiger partial charge in [-0.05, 0) is 6.42 Å². The van der Waals surface area contributed by atoms with E-state index in [9.17, 15) is 8.42 Å². The van der Waals surface area contributed by atoms with Crippen LogP contribution < -0.4 is 11.3 Å². The number of nitrogens with two attached hydrogens (primary N) is 1. The average Bonchev–Trinajstić information content (AvgIpc) is 1.63. The van der Waals surface area contributed by atoms with Crippen molar-refractivity contribution in [2.24, 2.45) is 5.14 Å². The third-order valence-electron chi connectivity index (χ3n) is 0.745. The summed E-state index contributed by atoms with van der Waals surface area (Å²) in [5, 5.41) is 4.53. The van der Waals surface area contributed by atoms with Crippen LogP contribution in [-0.4, -0.2) is 15.0 Å². The topological polar surface area (TPSA) is 104 Å². The van der Waals surface area contributed by atoms with Gasteiger partial charge >= 0.3 is 10.3 Å². The van der Waals surface area contributed by atoms with Crippen LogP contribution in [-0.2, 0) is 14.5 Å². The lowest BCUT2D eigenvalue weighted by Gasteiger charge is -1.96. The lowest BCUT2D eigenvalue weighted by Crippen LogP contribution is -2.16. The van der Waals surface area contributed by atoms with Gasteiger partial charge in [-0.1, -0.05) is 13.3 Å². The molecule has 0 heterocycles. The number of unbranched alkanes of at least 4 members (excludes halogenated alkanes) is 1. The highest BCUT2D eigenvalue weighted by Gasteiger charge is 1.98. The molecule has 6 heteroatoms. The highest BCUT2D eigenvalue weighted by molar-refractivity contribution is 7.84. The Hall–Kier alpha value is -0.170. The van der Waals surface area contributed by atoms with Crippen LogP contribution in [0.4, 0.5) is 0 Å². The van der Waals surface area contributed by atoms with Gasteiger partial charge in [0.25, 0.3) is 0 Å². The first-order chi connectivity index (χ1) is 4.06. The Morgan fingerprint density at radius 3 is 2.30 bits per heavy atom. The van der Waals surface area contributed by atoms with Gasteiger partial charge in [0.15, 0.2) is 0 Å². The van der Waals surface area contributed by atoms with E-state index in [1.165, 1.54) is 0 Å². The molecule has 0 atom stereocenters. The molecule has 5 N–H and O–H groups in total. The predicted molar refractivity (Wildman–Crippen MR) is 39.0 cm³/mol. The maximum atomic E-state index is 10.1. The Balaban J connectivity index is 0. The standard InChI is InChI=1S/C4H11NO3S.H3N/c1-2-3-4-8-9(5,6)7;/h2-4H2,1H3,(H2,5,6,7);1H3. The van der Waals surface area contributed by atoms with Crippen molar-refractivity contribution >= 4 is 10.3 Å². The summed E-state index contributed by atoms with van der Waals surface area (Å²) in [6.45, 7) is 2.13. The zero-order chi connectivity index (χ0) is 7.33. The van der Waals surface area contributed by atoms with E-state index in [1.54, 1.807) is 0 Å². The van der Waals surface area contributed by atoms with Gasteiger partial charge in [0.1, 0.15) is 0 Å². The number of hydrogen-bond acceptors (Lipinski definition) is 4. The number of hydrogen-bond donors (Lipinski definition) is 2. The summed E-state index contributed by atoms with van der Waals surface area (Å²) in [4.78, 5) is 0. The zero-order valence-corrected chi connectivity index (χ0v) is 6.86. The van der Waals surface area contributed by atoms with Crippen LogP contribution in [0.2, 0.25) is 0 Å². The van der Waals surface area contributed by atoms with Gasteiger partial charge in [0.05, 0.1) is 6.61 Å². The molecule has 5 nitrogen and oxygen atoms in total. The van der Waals surface area contributed by atoms with Gasteiger partial charge in [-0.25, -0.2) is 5.14 Å².